The topological polar surface area (TPSA) is 57.3 Å². The number of amides is 1. The van der Waals surface area contributed by atoms with Gasteiger partial charge in [0, 0.05) is 26.2 Å². The lowest BCUT2D eigenvalue weighted by molar-refractivity contribution is -0.115. The molecular weight excluding hydrogens is 308 g/mol. The minimum absolute atomic E-state index is 0. The Bertz CT molecular complexity index is 459. The lowest BCUT2D eigenvalue weighted by Gasteiger charge is -2.29. The molecule has 0 spiro atoms. The highest BCUT2D eigenvalue weighted by molar-refractivity contribution is 8.00. The van der Waals surface area contributed by atoms with Crippen LogP contribution in [-0.4, -0.2) is 48.1 Å². The van der Waals surface area contributed by atoms with Crippen molar-refractivity contribution in [3.63, 3.8) is 0 Å². The van der Waals surface area contributed by atoms with E-state index < -0.39 is 0 Å². The van der Waals surface area contributed by atoms with Gasteiger partial charge in [0.05, 0.1) is 17.1 Å². The number of anilines is 2. The van der Waals surface area contributed by atoms with E-state index in [4.69, 9.17) is 0 Å². The zero-order valence-electron chi connectivity index (χ0n) is 11.9. The monoisotopic (exact) mass is 328 g/mol. The van der Waals surface area contributed by atoms with Crippen LogP contribution in [0.5, 0.6) is 0 Å². The highest BCUT2D eigenvalue weighted by Gasteiger charge is 2.23. The highest BCUT2D eigenvalue weighted by atomic mass is 35.5. The van der Waals surface area contributed by atoms with E-state index in [1.165, 1.54) is 0 Å². The molecule has 2 aliphatic rings. The number of rotatable bonds is 3. The number of halogens is 1. The van der Waals surface area contributed by atoms with Crippen molar-refractivity contribution < 1.29 is 4.79 Å². The third-order valence-electron chi connectivity index (χ3n) is 3.70. The molecule has 1 amide bonds. The third kappa shape index (κ3) is 4.25. The molecule has 3 heterocycles. The van der Waals surface area contributed by atoms with Crippen LogP contribution in [0.25, 0.3) is 0 Å². The molecule has 0 saturated carbocycles. The molecule has 0 radical (unpaired) electrons. The summed E-state index contributed by atoms with van der Waals surface area (Å²) in [7, 11) is 0. The smallest absolute Gasteiger partial charge is 0.238 e. The van der Waals surface area contributed by atoms with Crippen LogP contribution < -0.4 is 15.5 Å². The third-order valence-corrected chi connectivity index (χ3v) is 5.08. The predicted molar refractivity (Wildman–Crippen MR) is 90.7 cm³/mol. The summed E-state index contributed by atoms with van der Waals surface area (Å²) in [5.74, 6) is 1.84. The van der Waals surface area contributed by atoms with Crippen molar-refractivity contribution in [2.45, 2.75) is 18.1 Å². The lowest BCUT2D eigenvalue weighted by Crippen LogP contribution is -2.43. The summed E-state index contributed by atoms with van der Waals surface area (Å²) in [4.78, 5) is 18.7. The standard InChI is InChI=1S/C14H20N4OS.ClH/c19-14(12-2-1-9-20-12)17-13-4-3-11(10-16-13)18-7-5-15-6-8-18;/h3-4,10,12,15H,1-2,5-9H2,(H,16,17,19);1H. The number of thioether (sulfide) groups is 1. The van der Waals surface area contributed by atoms with Crippen LogP contribution in [0.4, 0.5) is 11.5 Å². The van der Waals surface area contributed by atoms with Crippen molar-refractivity contribution in [2.75, 3.05) is 42.1 Å². The summed E-state index contributed by atoms with van der Waals surface area (Å²) in [6.07, 6.45) is 3.97. The van der Waals surface area contributed by atoms with Gasteiger partial charge in [0.2, 0.25) is 5.91 Å². The normalized spacial score (nSPS) is 21.7. The molecular formula is C14H21ClN4OS. The van der Waals surface area contributed by atoms with Crippen LogP contribution >= 0.6 is 24.2 Å². The molecule has 0 aliphatic carbocycles. The predicted octanol–water partition coefficient (Wildman–Crippen LogP) is 1.75. The second kappa shape index (κ2) is 7.87. The second-order valence-electron chi connectivity index (χ2n) is 5.13. The van der Waals surface area contributed by atoms with Gasteiger partial charge in [0.25, 0.3) is 0 Å². The van der Waals surface area contributed by atoms with E-state index in [-0.39, 0.29) is 23.6 Å². The Hall–Kier alpha value is -0.980. The number of carbonyl (C=O) groups excluding carboxylic acids is 1. The van der Waals surface area contributed by atoms with Crippen molar-refractivity contribution in [2.24, 2.45) is 0 Å². The van der Waals surface area contributed by atoms with Gasteiger partial charge in [-0.3, -0.25) is 4.79 Å². The number of piperazine rings is 1. The van der Waals surface area contributed by atoms with Gasteiger partial charge in [0.1, 0.15) is 5.82 Å². The van der Waals surface area contributed by atoms with Gasteiger partial charge in [-0.1, -0.05) is 0 Å². The second-order valence-corrected chi connectivity index (χ2v) is 6.44. The maximum atomic E-state index is 12.0. The van der Waals surface area contributed by atoms with Crippen LogP contribution in [0.2, 0.25) is 0 Å². The first-order valence-corrected chi connectivity index (χ1v) is 8.22. The van der Waals surface area contributed by atoms with Crippen LogP contribution in [-0.2, 0) is 4.79 Å². The fourth-order valence-corrected chi connectivity index (χ4v) is 3.72. The molecule has 2 fully saturated rings. The number of nitrogens with one attached hydrogen (secondary N) is 2. The van der Waals surface area contributed by atoms with Crippen LogP contribution in [0, 0.1) is 0 Å². The molecule has 7 heteroatoms. The van der Waals surface area contributed by atoms with E-state index >= 15 is 0 Å². The van der Waals surface area contributed by atoms with Crippen molar-refractivity contribution in [1.82, 2.24) is 10.3 Å². The number of hydrogen-bond acceptors (Lipinski definition) is 5. The van der Waals surface area contributed by atoms with Gasteiger partial charge in [0.15, 0.2) is 0 Å². The Balaban J connectivity index is 0.00000161. The molecule has 0 aromatic carbocycles. The Kier molecular flexibility index (Phi) is 6.14. The van der Waals surface area contributed by atoms with E-state index in [1.54, 1.807) is 11.8 Å². The maximum absolute atomic E-state index is 12.0. The Morgan fingerprint density at radius 3 is 2.81 bits per heavy atom. The quantitative estimate of drug-likeness (QED) is 0.885. The molecule has 2 N–H and O–H groups in total. The first-order chi connectivity index (χ1) is 9.83. The summed E-state index contributed by atoms with van der Waals surface area (Å²) in [6.45, 7) is 4.03. The minimum atomic E-state index is 0. The van der Waals surface area contributed by atoms with Crippen molar-refractivity contribution in [3.8, 4) is 0 Å². The van der Waals surface area contributed by atoms with Crippen molar-refractivity contribution >= 4 is 41.6 Å². The van der Waals surface area contributed by atoms with Crippen LogP contribution in [0.1, 0.15) is 12.8 Å². The average molecular weight is 329 g/mol. The Morgan fingerprint density at radius 1 is 1.38 bits per heavy atom. The molecule has 1 atom stereocenters. The molecule has 116 valence electrons. The van der Waals surface area contributed by atoms with E-state index in [9.17, 15) is 4.79 Å². The Labute approximate surface area is 135 Å². The van der Waals surface area contributed by atoms with Crippen LogP contribution in [0.15, 0.2) is 18.3 Å². The first-order valence-electron chi connectivity index (χ1n) is 7.17. The van der Waals surface area contributed by atoms with Gasteiger partial charge in [-0.2, -0.15) is 0 Å². The summed E-state index contributed by atoms with van der Waals surface area (Å²) in [6, 6.07) is 3.94. The summed E-state index contributed by atoms with van der Waals surface area (Å²) < 4.78 is 0. The Morgan fingerprint density at radius 2 is 2.19 bits per heavy atom. The van der Waals surface area contributed by atoms with Gasteiger partial charge < -0.3 is 15.5 Å². The molecule has 2 aliphatic heterocycles. The molecule has 1 unspecified atom stereocenters. The number of hydrogen-bond donors (Lipinski definition) is 2. The minimum Gasteiger partial charge on any atom is -0.368 e. The van der Waals surface area contributed by atoms with Crippen LogP contribution in [0.3, 0.4) is 0 Å². The van der Waals surface area contributed by atoms with E-state index in [1.807, 2.05) is 18.3 Å². The number of aromatic nitrogens is 1. The largest absolute Gasteiger partial charge is 0.368 e. The summed E-state index contributed by atoms with van der Waals surface area (Å²) in [5, 5.41) is 6.35. The van der Waals surface area contributed by atoms with Crippen molar-refractivity contribution in [3.05, 3.63) is 18.3 Å². The zero-order chi connectivity index (χ0) is 13.8. The van der Waals surface area contributed by atoms with Gasteiger partial charge in [-0.15, -0.1) is 24.2 Å². The highest BCUT2D eigenvalue weighted by Crippen LogP contribution is 2.27. The summed E-state index contributed by atoms with van der Waals surface area (Å²) >= 11 is 1.74. The average Bonchev–Trinajstić information content (AvgIpc) is 3.03. The molecule has 1 aromatic rings. The van der Waals surface area contributed by atoms with Gasteiger partial charge in [-0.05, 0) is 30.7 Å². The van der Waals surface area contributed by atoms with E-state index in [0.29, 0.717) is 5.82 Å². The number of nitrogens with zero attached hydrogens (tertiary/aromatic N) is 2. The molecule has 2 saturated heterocycles. The number of pyridine rings is 1. The van der Waals surface area contributed by atoms with Gasteiger partial charge in [-0.25, -0.2) is 4.98 Å². The fraction of sp³-hybridized carbons (Fsp3) is 0.571. The van der Waals surface area contributed by atoms with E-state index in [2.05, 4.69) is 20.5 Å². The molecule has 0 bridgehead atoms. The van der Waals surface area contributed by atoms with Crippen molar-refractivity contribution in [1.29, 1.82) is 0 Å². The maximum Gasteiger partial charge on any atom is 0.238 e. The zero-order valence-corrected chi connectivity index (χ0v) is 13.5. The van der Waals surface area contributed by atoms with Gasteiger partial charge >= 0.3 is 0 Å². The fourth-order valence-electron chi connectivity index (χ4n) is 2.56. The molecule has 5 nitrogen and oxygen atoms in total. The number of carbonyl (C=O) groups is 1. The lowest BCUT2D eigenvalue weighted by atomic mass is 10.2. The SMILES string of the molecule is Cl.O=C(Nc1ccc(N2CCNCC2)cn1)C1CCCS1. The summed E-state index contributed by atoms with van der Waals surface area (Å²) in [5.41, 5.74) is 1.12. The first kappa shape index (κ1) is 16.4. The van der Waals surface area contributed by atoms with E-state index in [0.717, 1.165) is 50.5 Å². The molecule has 3 rings (SSSR count). The molecule has 1 aromatic heterocycles. The molecule has 21 heavy (non-hydrogen) atoms.